The molecule has 2 heterocycles. The maximum Gasteiger partial charge on any atom is 0.418 e. The molecule has 0 radical (unpaired) electrons. The number of rotatable bonds is 4. The lowest BCUT2D eigenvalue weighted by Gasteiger charge is -2.33. The fraction of sp³-hybridized carbons (Fsp3) is 0.125. The van der Waals surface area contributed by atoms with Gasteiger partial charge in [-0.2, -0.15) is 13.2 Å². The first-order valence-corrected chi connectivity index (χ1v) is 11.4. The minimum absolute atomic E-state index is 0.347. The average Bonchev–Trinajstić information content (AvgIpc) is 3.27. The molecule has 2 atom stereocenters. The molecular formula is C24H17F4N5OS. The van der Waals surface area contributed by atoms with Gasteiger partial charge in [-0.1, -0.05) is 66.4 Å². The highest BCUT2D eigenvalue weighted by Gasteiger charge is 2.39. The molecule has 5 rings (SSSR count). The van der Waals surface area contributed by atoms with Gasteiger partial charge < -0.3 is 10.7 Å². The molecule has 0 spiro atoms. The number of aromatic nitrogens is 3. The van der Waals surface area contributed by atoms with E-state index in [0.717, 1.165) is 23.4 Å². The van der Waals surface area contributed by atoms with Crippen LogP contribution < -0.4 is 10.7 Å². The predicted octanol–water partition coefficient (Wildman–Crippen LogP) is 5.50. The fourth-order valence-electron chi connectivity index (χ4n) is 3.79. The molecule has 1 aliphatic heterocycles. The molecule has 0 fully saturated rings. The van der Waals surface area contributed by atoms with E-state index in [1.54, 1.807) is 4.68 Å². The molecule has 0 bridgehead atoms. The Balaban J connectivity index is 1.52. The number of halogens is 4. The van der Waals surface area contributed by atoms with Gasteiger partial charge in [0.25, 0.3) is 0 Å². The van der Waals surface area contributed by atoms with Crippen LogP contribution in [0.1, 0.15) is 17.2 Å². The van der Waals surface area contributed by atoms with Crippen molar-refractivity contribution in [3.05, 3.63) is 95.8 Å². The molecule has 6 nitrogen and oxygen atoms in total. The van der Waals surface area contributed by atoms with Crippen molar-refractivity contribution in [1.82, 2.24) is 14.9 Å². The molecule has 1 amide bonds. The van der Waals surface area contributed by atoms with Crippen LogP contribution in [0.5, 0.6) is 0 Å². The molecule has 11 heteroatoms. The summed E-state index contributed by atoms with van der Waals surface area (Å²) in [6, 6.07) is 18.9. The van der Waals surface area contributed by atoms with Crippen LogP contribution >= 0.6 is 11.8 Å². The number of carbonyl (C=O) groups is 1. The second-order valence-corrected chi connectivity index (χ2v) is 8.85. The highest BCUT2D eigenvalue weighted by molar-refractivity contribution is 8.00. The van der Waals surface area contributed by atoms with Crippen LogP contribution in [0.15, 0.2) is 84.0 Å². The summed E-state index contributed by atoms with van der Waals surface area (Å²) in [4.78, 5) is 13.3. The minimum atomic E-state index is -4.64. The second-order valence-electron chi connectivity index (χ2n) is 7.74. The third-order valence-electron chi connectivity index (χ3n) is 5.45. The summed E-state index contributed by atoms with van der Waals surface area (Å²) >= 11 is 1.06. The van der Waals surface area contributed by atoms with E-state index in [1.807, 2.05) is 30.3 Å². The van der Waals surface area contributed by atoms with Crippen molar-refractivity contribution in [3.8, 4) is 11.4 Å². The number of anilines is 1. The number of thioether (sulfide) groups is 1. The first-order valence-electron chi connectivity index (χ1n) is 10.5. The first-order chi connectivity index (χ1) is 16.8. The van der Waals surface area contributed by atoms with Crippen molar-refractivity contribution in [3.63, 3.8) is 0 Å². The Morgan fingerprint density at radius 3 is 2.34 bits per heavy atom. The number of nitrogens with zero attached hydrogens (tertiary/aromatic N) is 3. The first kappa shape index (κ1) is 22.9. The Hall–Kier alpha value is -3.86. The summed E-state index contributed by atoms with van der Waals surface area (Å²) in [5.74, 6) is -0.613. The van der Waals surface area contributed by atoms with Gasteiger partial charge in [0, 0.05) is 5.56 Å². The van der Waals surface area contributed by atoms with E-state index in [0.29, 0.717) is 16.5 Å². The van der Waals surface area contributed by atoms with E-state index in [-0.39, 0.29) is 5.69 Å². The number of amides is 1. The van der Waals surface area contributed by atoms with E-state index in [4.69, 9.17) is 0 Å². The van der Waals surface area contributed by atoms with Crippen LogP contribution in [0.3, 0.4) is 0 Å². The maximum absolute atomic E-state index is 13.6. The van der Waals surface area contributed by atoms with Gasteiger partial charge in [-0.3, -0.25) is 4.79 Å². The van der Waals surface area contributed by atoms with Gasteiger partial charge in [0.2, 0.25) is 11.1 Å². The Morgan fingerprint density at radius 1 is 0.943 bits per heavy atom. The molecule has 1 aliphatic rings. The lowest BCUT2D eigenvalue weighted by molar-refractivity contribution is -0.137. The zero-order chi connectivity index (χ0) is 24.6. The van der Waals surface area contributed by atoms with Crippen molar-refractivity contribution in [1.29, 1.82) is 0 Å². The Kier molecular flexibility index (Phi) is 5.93. The summed E-state index contributed by atoms with van der Waals surface area (Å²) in [6.07, 6.45) is -4.64. The normalized spacial score (nSPS) is 17.4. The molecule has 2 N–H and O–H groups in total. The van der Waals surface area contributed by atoms with Crippen LogP contribution in [0.2, 0.25) is 0 Å². The van der Waals surface area contributed by atoms with Crippen molar-refractivity contribution < 1.29 is 22.4 Å². The zero-order valence-electron chi connectivity index (χ0n) is 17.8. The summed E-state index contributed by atoms with van der Waals surface area (Å²) in [7, 11) is 0. The molecule has 2 unspecified atom stereocenters. The topological polar surface area (TPSA) is 71.8 Å². The quantitative estimate of drug-likeness (QED) is 0.363. The van der Waals surface area contributed by atoms with E-state index in [2.05, 4.69) is 20.9 Å². The van der Waals surface area contributed by atoms with Crippen LogP contribution in [-0.2, 0) is 11.0 Å². The number of para-hydroxylation sites is 1. The summed E-state index contributed by atoms with van der Waals surface area (Å²) in [5, 5.41) is 10.2. The Morgan fingerprint density at radius 2 is 1.63 bits per heavy atom. The zero-order valence-corrected chi connectivity index (χ0v) is 18.6. The molecule has 0 saturated heterocycles. The highest BCUT2D eigenvalue weighted by Crippen LogP contribution is 2.40. The number of benzene rings is 3. The minimum Gasteiger partial charge on any atom is -0.324 e. The third-order valence-corrected chi connectivity index (χ3v) is 6.66. The van der Waals surface area contributed by atoms with Gasteiger partial charge >= 0.3 is 6.18 Å². The van der Waals surface area contributed by atoms with Crippen LogP contribution in [0, 0.1) is 5.82 Å². The fourth-order valence-corrected chi connectivity index (χ4v) is 4.87. The van der Waals surface area contributed by atoms with Crippen LogP contribution in [0.4, 0.5) is 23.2 Å². The van der Waals surface area contributed by atoms with Gasteiger partial charge in [-0.05, 0) is 29.8 Å². The van der Waals surface area contributed by atoms with E-state index < -0.39 is 34.8 Å². The lowest BCUT2D eigenvalue weighted by atomic mass is 10.0. The van der Waals surface area contributed by atoms with Crippen molar-refractivity contribution in [2.75, 3.05) is 10.7 Å². The molecule has 0 saturated carbocycles. The van der Waals surface area contributed by atoms with E-state index >= 15 is 0 Å². The number of alkyl halides is 3. The summed E-state index contributed by atoms with van der Waals surface area (Å²) < 4.78 is 55.6. The largest absolute Gasteiger partial charge is 0.418 e. The van der Waals surface area contributed by atoms with Gasteiger partial charge in [-0.15, -0.1) is 10.2 Å². The van der Waals surface area contributed by atoms with Gasteiger partial charge in [0.05, 0.1) is 17.3 Å². The lowest BCUT2D eigenvalue weighted by Crippen LogP contribution is -2.41. The molecule has 4 aromatic rings. The molecule has 0 aliphatic carbocycles. The van der Waals surface area contributed by atoms with Crippen molar-refractivity contribution >= 4 is 23.4 Å². The van der Waals surface area contributed by atoms with Crippen molar-refractivity contribution in [2.24, 2.45) is 0 Å². The summed E-state index contributed by atoms with van der Waals surface area (Å²) in [5.41, 5.74) is 3.26. The average molecular weight is 499 g/mol. The van der Waals surface area contributed by atoms with Crippen molar-refractivity contribution in [2.45, 2.75) is 22.6 Å². The van der Waals surface area contributed by atoms with Crippen LogP contribution in [0.25, 0.3) is 11.4 Å². The van der Waals surface area contributed by atoms with Crippen LogP contribution in [-0.4, -0.2) is 26.0 Å². The number of fused-ring (bicyclic) bond motifs is 1. The molecule has 1 aromatic heterocycles. The molecule has 178 valence electrons. The maximum atomic E-state index is 13.6. The summed E-state index contributed by atoms with van der Waals surface area (Å²) in [6.45, 7) is 0. The second kappa shape index (κ2) is 9.06. The smallest absolute Gasteiger partial charge is 0.324 e. The van der Waals surface area contributed by atoms with Gasteiger partial charge in [0.15, 0.2) is 5.82 Å². The number of hydrogen-bond donors (Lipinski definition) is 2. The van der Waals surface area contributed by atoms with E-state index in [9.17, 15) is 22.4 Å². The van der Waals surface area contributed by atoms with Gasteiger partial charge in [-0.25, -0.2) is 9.07 Å². The monoisotopic (exact) mass is 499 g/mol. The predicted molar refractivity (Wildman–Crippen MR) is 124 cm³/mol. The van der Waals surface area contributed by atoms with E-state index in [1.165, 1.54) is 42.5 Å². The SMILES string of the molecule is O=C(Nc1ccccc1C(F)(F)F)C1Sc2nnc(-c3ccccc3)n2NC1c1ccc(F)cc1. The Labute approximate surface area is 201 Å². The standard InChI is InChI=1S/C24H17F4N5OS/c25-16-12-10-14(11-13-16)19-20(22(34)29-18-9-5-4-8-17(18)24(26,27)28)35-23-31-30-21(33(23)32-19)15-6-2-1-3-7-15/h1-13,19-20,32H,(H,29,34). The number of hydrogen-bond acceptors (Lipinski definition) is 5. The molecule has 35 heavy (non-hydrogen) atoms. The van der Waals surface area contributed by atoms with Gasteiger partial charge in [0.1, 0.15) is 11.1 Å². The third kappa shape index (κ3) is 4.59. The number of carbonyl (C=O) groups excluding carboxylic acids is 1. The molecular weight excluding hydrogens is 482 g/mol. The Bertz CT molecular complexity index is 1360. The highest BCUT2D eigenvalue weighted by atomic mass is 32.2. The molecule has 3 aromatic carbocycles. The number of nitrogens with one attached hydrogen (secondary N) is 2.